The molecule has 0 fully saturated rings. The molecule has 2 aliphatic heterocycles. The molecule has 96 valence electrons. The summed E-state index contributed by atoms with van der Waals surface area (Å²) in [7, 11) is 0. The summed E-state index contributed by atoms with van der Waals surface area (Å²) in [5.74, 6) is 0.965. The molecule has 0 saturated heterocycles. The maximum Gasteiger partial charge on any atom is 0.265 e. The first kappa shape index (κ1) is 11.6. The van der Waals surface area contributed by atoms with Gasteiger partial charge in [0, 0.05) is 6.54 Å². The molecule has 3 heteroatoms. The predicted octanol–water partition coefficient (Wildman–Crippen LogP) is 2.66. The van der Waals surface area contributed by atoms with Crippen LogP contribution < -0.4 is 9.64 Å². The van der Waals surface area contributed by atoms with Crippen LogP contribution in [0.15, 0.2) is 12.1 Å². The van der Waals surface area contributed by atoms with E-state index < -0.39 is 0 Å². The highest BCUT2D eigenvalue weighted by atomic mass is 16.5. The molecule has 3 nitrogen and oxygen atoms in total. The number of carbonyl (C=O) groups is 1. The highest BCUT2D eigenvalue weighted by Gasteiger charge is 2.33. The quantitative estimate of drug-likeness (QED) is 0.703. The Bertz CT molecular complexity index is 514. The zero-order valence-corrected chi connectivity index (χ0v) is 11.2. The Morgan fingerprint density at radius 1 is 1.28 bits per heavy atom. The van der Waals surface area contributed by atoms with Crippen LogP contribution in [0.3, 0.4) is 0 Å². The molecule has 3 rings (SSSR count). The van der Waals surface area contributed by atoms with Crippen molar-refractivity contribution in [1.29, 1.82) is 0 Å². The second kappa shape index (κ2) is 3.74. The topological polar surface area (TPSA) is 29.5 Å². The van der Waals surface area contributed by atoms with Gasteiger partial charge in [-0.15, -0.1) is 0 Å². The summed E-state index contributed by atoms with van der Waals surface area (Å²) in [5.41, 5.74) is 3.78. The molecule has 0 radical (unpaired) electrons. The molecule has 0 bridgehead atoms. The second-order valence-electron chi connectivity index (χ2n) is 6.13. The van der Waals surface area contributed by atoms with Gasteiger partial charge in [0.25, 0.3) is 5.91 Å². The van der Waals surface area contributed by atoms with Crippen LogP contribution in [0, 0.1) is 0 Å². The first-order valence-corrected chi connectivity index (χ1v) is 6.58. The Kier molecular flexibility index (Phi) is 2.40. The van der Waals surface area contributed by atoms with Crippen LogP contribution in [0.4, 0.5) is 5.69 Å². The number of carbonyl (C=O) groups excluding carboxylic acids is 1. The molecular weight excluding hydrogens is 226 g/mol. The van der Waals surface area contributed by atoms with Gasteiger partial charge in [-0.05, 0) is 35.4 Å². The number of hydrogen-bond donors (Lipinski definition) is 0. The van der Waals surface area contributed by atoms with Crippen molar-refractivity contribution in [3.63, 3.8) is 0 Å². The van der Waals surface area contributed by atoms with Crippen LogP contribution in [-0.2, 0) is 16.6 Å². The van der Waals surface area contributed by atoms with Gasteiger partial charge >= 0.3 is 0 Å². The first-order chi connectivity index (χ1) is 8.48. The summed E-state index contributed by atoms with van der Waals surface area (Å²) in [4.78, 5) is 13.8. The zero-order valence-electron chi connectivity index (χ0n) is 11.2. The van der Waals surface area contributed by atoms with E-state index in [1.807, 2.05) is 11.0 Å². The fourth-order valence-corrected chi connectivity index (χ4v) is 2.98. The lowest BCUT2D eigenvalue weighted by Crippen LogP contribution is -2.42. The van der Waals surface area contributed by atoms with Crippen molar-refractivity contribution in [2.45, 2.75) is 39.0 Å². The van der Waals surface area contributed by atoms with E-state index in [2.05, 4.69) is 26.8 Å². The monoisotopic (exact) mass is 245 g/mol. The summed E-state index contributed by atoms with van der Waals surface area (Å²) in [6.07, 6.45) is 2.09. The molecule has 1 aromatic rings. The summed E-state index contributed by atoms with van der Waals surface area (Å²) >= 11 is 0. The van der Waals surface area contributed by atoms with Gasteiger partial charge in [0.2, 0.25) is 0 Å². The van der Waals surface area contributed by atoms with Gasteiger partial charge in [-0.25, -0.2) is 0 Å². The van der Waals surface area contributed by atoms with Crippen LogP contribution in [0.25, 0.3) is 0 Å². The fourth-order valence-electron chi connectivity index (χ4n) is 2.98. The fraction of sp³-hybridized carbons (Fsp3) is 0.533. The third-order valence-corrected chi connectivity index (χ3v) is 3.78. The van der Waals surface area contributed by atoms with E-state index in [9.17, 15) is 4.79 Å². The molecule has 0 N–H and O–H groups in total. The number of amides is 1. The zero-order chi connectivity index (χ0) is 12.9. The minimum atomic E-state index is 0.0921. The Morgan fingerprint density at radius 2 is 2.06 bits per heavy atom. The average molecular weight is 245 g/mol. The van der Waals surface area contributed by atoms with Gasteiger partial charge in [-0.2, -0.15) is 0 Å². The molecular formula is C15H19NO2. The molecule has 2 aliphatic rings. The van der Waals surface area contributed by atoms with Gasteiger partial charge in [0.05, 0.1) is 5.69 Å². The second-order valence-corrected chi connectivity index (χ2v) is 6.13. The standard InChI is InChI=1S/C15H19NO2/c1-15(2,3)11-6-7-12-14-10(11)5-4-8-16(14)13(17)9-18-12/h6-7H,4-5,8-9H2,1-3H3. The average Bonchev–Trinajstić information content (AvgIpc) is 2.32. The minimum Gasteiger partial charge on any atom is -0.482 e. The van der Waals surface area contributed by atoms with E-state index in [-0.39, 0.29) is 17.9 Å². The van der Waals surface area contributed by atoms with Gasteiger partial charge < -0.3 is 9.64 Å². The molecule has 0 aromatic heterocycles. The SMILES string of the molecule is CC(C)(C)c1ccc2c3c1CCCN3C(=O)CO2. The third kappa shape index (κ3) is 1.61. The molecule has 0 saturated carbocycles. The Hall–Kier alpha value is -1.51. The Morgan fingerprint density at radius 3 is 2.78 bits per heavy atom. The predicted molar refractivity (Wildman–Crippen MR) is 71.3 cm³/mol. The van der Waals surface area contributed by atoms with Crippen LogP contribution in [0.1, 0.15) is 38.3 Å². The van der Waals surface area contributed by atoms with E-state index in [1.165, 1.54) is 11.1 Å². The summed E-state index contributed by atoms with van der Waals surface area (Å²) in [6, 6.07) is 4.18. The van der Waals surface area contributed by atoms with E-state index in [0.717, 1.165) is 30.8 Å². The van der Waals surface area contributed by atoms with Gasteiger partial charge in [-0.3, -0.25) is 4.79 Å². The van der Waals surface area contributed by atoms with Crippen LogP contribution in [-0.4, -0.2) is 19.1 Å². The number of hydrogen-bond acceptors (Lipinski definition) is 2. The van der Waals surface area contributed by atoms with E-state index in [4.69, 9.17) is 4.74 Å². The lowest BCUT2D eigenvalue weighted by Gasteiger charge is -2.37. The smallest absolute Gasteiger partial charge is 0.265 e. The molecule has 0 aliphatic carbocycles. The molecule has 1 aromatic carbocycles. The summed E-state index contributed by atoms with van der Waals surface area (Å²) < 4.78 is 5.56. The lowest BCUT2D eigenvalue weighted by atomic mass is 9.80. The van der Waals surface area contributed by atoms with E-state index in [1.54, 1.807) is 0 Å². The van der Waals surface area contributed by atoms with Crippen molar-refractivity contribution < 1.29 is 9.53 Å². The molecule has 0 spiro atoms. The van der Waals surface area contributed by atoms with Gasteiger partial charge in [-0.1, -0.05) is 26.8 Å². The first-order valence-electron chi connectivity index (χ1n) is 6.58. The number of ether oxygens (including phenoxy) is 1. The van der Waals surface area contributed by atoms with Crippen molar-refractivity contribution in [3.05, 3.63) is 23.3 Å². The van der Waals surface area contributed by atoms with Crippen molar-refractivity contribution >= 4 is 11.6 Å². The Labute approximate surface area is 108 Å². The summed E-state index contributed by atoms with van der Waals surface area (Å²) in [5, 5.41) is 0. The van der Waals surface area contributed by atoms with Crippen molar-refractivity contribution in [3.8, 4) is 5.75 Å². The van der Waals surface area contributed by atoms with Gasteiger partial charge in [0.15, 0.2) is 6.61 Å². The molecule has 0 atom stereocenters. The van der Waals surface area contributed by atoms with Crippen LogP contribution in [0.2, 0.25) is 0 Å². The van der Waals surface area contributed by atoms with E-state index >= 15 is 0 Å². The largest absolute Gasteiger partial charge is 0.482 e. The number of anilines is 1. The highest BCUT2D eigenvalue weighted by Crippen LogP contribution is 2.43. The highest BCUT2D eigenvalue weighted by molar-refractivity contribution is 5.99. The maximum atomic E-state index is 11.9. The molecule has 0 unspecified atom stereocenters. The normalized spacial score (nSPS) is 18.4. The van der Waals surface area contributed by atoms with Crippen LogP contribution >= 0.6 is 0 Å². The molecule has 1 amide bonds. The maximum absolute atomic E-state index is 11.9. The Balaban J connectivity index is 2.23. The summed E-state index contributed by atoms with van der Waals surface area (Å²) in [6.45, 7) is 7.66. The van der Waals surface area contributed by atoms with Gasteiger partial charge in [0.1, 0.15) is 5.75 Å². The molecule has 2 heterocycles. The van der Waals surface area contributed by atoms with Crippen molar-refractivity contribution in [2.75, 3.05) is 18.1 Å². The van der Waals surface area contributed by atoms with Crippen molar-refractivity contribution in [1.82, 2.24) is 0 Å². The van der Waals surface area contributed by atoms with E-state index in [0.29, 0.717) is 0 Å². The molecule has 18 heavy (non-hydrogen) atoms. The third-order valence-electron chi connectivity index (χ3n) is 3.78. The lowest BCUT2D eigenvalue weighted by molar-refractivity contribution is -0.121. The van der Waals surface area contributed by atoms with Crippen molar-refractivity contribution in [2.24, 2.45) is 0 Å². The number of nitrogens with zero attached hydrogens (tertiary/aromatic N) is 1. The number of rotatable bonds is 0. The van der Waals surface area contributed by atoms with Crippen LogP contribution in [0.5, 0.6) is 5.75 Å². The number of benzene rings is 1. The minimum absolute atomic E-state index is 0.0921.